The molecular weight excluding hydrogens is 558 g/mol. The van der Waals surface area contributed by atoms with Gasteiger partial charge >= 0.3 is 0 Å². The predicted molar refractivity (Wildman–Crippen MR) is 147 cm³/mol. The van der Waals surface area contributed by atoms with E-state index < -0.39 is 0 Å². The number of rotatable bonds is 10. The van der Waals surface area contributed by atoms with Gasteiger partial charge in [0.25, 0.3) is 5.91 Å². The normalized spacial score (nSPS) is 11.0. The molecule has 1 amide bonds. The molecular formula is C26H24BrN5O4S. The number of methoxy groups -OCH3 is 1. The minimum atomic E-state index is -0.312. The molecule has 0 aliphatic rings. The second-order valence-electron chi connectivity index (χ2n) is 7.57. The Morgan fingerprint density at radius 3 is 2.62 bits per heavy atom. The summed E-state index contributed by atoms with van der Waals surface area (Å²) in [5.74, 6) is 1.48. The molecule has 4 aromatic rings. The minimum absolute atomic E-state index is 0.00778. The van der Waals surface area contributed by atoms with Gasteiger partial charge in [-0.2, -0.15) is 5.10 Å². The number of aromatic hydroxyl groups is 1. The van der Waals surface area contributed by atoms with E-state index in [-0.39, 0.29) is 17.4 Å². The number of nitrogens with one attached hydrogen (secondary N) is 1. The summed E-state index contributed by atoms with van der Waals surface area (Å²) in [7, 11) is 1.46. The maximum atomic E-state index is 12.5. The number of aromatic nitrogens is 3. The number of hydrazone groups is 1. The van der Waals surface area contributed by atoms with Gasteiger partial charge in [0.1, 0.15) is 5.75 Å². The largest absolute Gasteiger partial charge is 0.503 e. The molecule has 4 rings (SSSR count). The van der Waals surface area contributed by atoms with Crippen molar-refractivity contribution in [3.63, 3.8) is 0 Å². The number of phenols is 1. The van der Waals surface area contributed by atoms with Crippen molar-refractivity contribution in [3.8, 4) is 34.3 Å². The van der Waals surface area contributed by atoms with Gasteiger partial charge in [0, 0.05) is 11.3 Å². The summed E-state index contributed by atoms with van der Waals surface area (Å²) >= 11 is 4.51. The fraction of sp³-hybridized carbons (Fsp3) is 0.154. The molecule has 0 aliphatic heterocycles. The van der Waals surface area contributed by atoms with Crippen LogP contribution in [-0.2, 0) is 4.79 Å². The molecule has 11 heteroatoms. The summed E-state index contributed by atoms with van der Waals surface area (Å²) in [6, 6.07) is 20.6. The van der Waals surface area contributed by atoms with Crippen LogP contribution in [0.5, 0.6) is 17.2 Å². The molecule has 0 saturated heterocycles. The molecule has 0 radical (unpaired) electrons. The lowest BCUT2D eigenvalue weighted by Gasteiger charge is -2.11. The first-order chi connectivity index (χ1) is 18.0. The van der Waals surface area contributed by atoms with Crippen molar-refractivity contribution in [2.75, 3.05) is 19.5 Å². The van der Waals surface area contributed by atoms with Gasteiger partial charge in [-0.15, -0.1) is 10.2 Å². The van der Waals surface area contributed by atoms with Crippen molar-refractivity contribution in [1.82, 2.24) is 20.2 Å². The zero-order chi connectivity index (χ0) is 26.2. The van der Waals surface area contributed by atoms with Crippen LogP contribution in [-0.4, -0.2) is 51.5 Å². The van der Waals surface area contributed by atoms with E-state index in [1.54, 1.807) is 12.1 Å². The fourth-order valence-corrected chi connectivity index (χ4v) is 4.60. The molecule has 0 aliphatic carbocycles. The summed E-state index contributed by atoms with van der Waals surface area (Å²) in [4.78, 5) is 12.5. The van der Waals surface area contributed by atoms with E-state index in [1.807, 2.05) is 66.1 Å². The Labute approximate surface area is 226 Å². The SMILES string of the molecule is CCOc1ccc(-n2c(SCC(=O)N/N=C/c3cc(Br)c(O)c(OC)c3)nnc2-c2ccccc2)cc1. The van der Waals surface area contributed by atoms with Crippen LogP contribution in [0.1, 0.15) is 12.5 Å². The van der Waals surface area contributed by atoms with Gasteiger partial charge in [-0.3, -0.25) is 9.36 Å². The van der Waals surface area contributed by atoms with E-state index in [1.165, 1.54) is 25.1 Å². The number of halogens is 1. The molecule has 1 aromatic heterocycles. The summed E-state index contributed by atoms with van der Waals surface area (Å²) in [5.41, 5.74) is 4.90. The van der Waals surface area contributed by atoms with E-state index in [4.69, 9.17) is 9.47 Å². The molecule has 9 nitrogen and oxygen atoms in total. The first-order valence-corrected chi connectivity index (χ1v) is 13.0. The van der Waals surface area contributed by atoms with E-state index in [2.05, 4.69) is 36.7 Å². The third kappa shape index (κ3) is 6.49. The van der Waals surface area contributed by atoms with Crippen LogP contribution in [0.25, 0.3) is 17.1 Å². The zero-order valence-electron chi connectivity index (χ0n) is 20.1. The number of amides is 1. The third-order valence-electron chi connectivity index (χ3n) is 5.08. The van der Waals surface area contributed by atoms with E-state index in [9.17, 15) is 9.90 Å². The lowest BCUT2D eigenvalue weighted by atomic mass is 10.2. The highest BCUT2D eigenvalue weighted by Gasteiger charge is 2.17. The molecule has 190 valence electrons. The van der Waals surface area contributed by atoms with Gasteiger partial charge < -0.3 is 14.6 Å². The highest BCUT2D eigenvalue weighted by atomic mass is 79.9. The summed E-state index contributed by atoms with van der Waals surface area (Å²) in [6.07, 6.45) is 1.46. The molecule has 0 fully saturated rings. The van der Waals surface area contributed by atoms with Crippen molar-refractivity contribution >= 4 is 39.8 Å². The van der Waals surface area contributed by atoms with Gasteiger partial charge in [0.2, 0.25) is 0 Å². The van der Waals surface area contributed by atoms with Crippen LogP contribution in [0, 0.1) is 0 Å². The number of carbonyl (C=O) groups is 1. The van der Waals surface area contributed by atoms with Crippen molar-refractivity contribution in [2.24, 2.45) is 5.10 Å². The number of carbonyl (C=O) groups excluding carboxylic acids is 1. The summed E-state index contributed by atoms with van der Waals surface area (Å²) in [6.45, 7) is 2.52. The molecule has 0 atom stereocenters. The minimum Gasteiger partial charge on any atom is -0.503 e. The molecule has 2 N–H and O–H groups in total. The van der Waals surface area contributed by atoms with Gasteiger partial charge in [0.05, 0.1) is 30.2 Å². The lowest BCUT2D eigenvalue weighted by Crippen LogP contribution is -2.20. The quantitative estimate of drug-likeness (QED) is 0.153. The van der Waals surface area contributed by atoms with Crippen LogP contribution in [0.3, 0.4) is 0 Å². The standard InChI is InChI=1S/C26H24BrN5O4S/c1-3-36-20-11-9-19(10-12-20)32-25(18-7-5-4-6-8-18)30-31-26(32)37-16-23(33)29-28-15-17-13-21(27)24(34)22(14-17)35-2/h4-15,34H,3,16H2,1-2H3,(H,29,33)/b28-15+. The Balaban J connectivity index is 1.49. The molecule has 3 aromatic carbocycles. The van der Waals surface area contributed by atoms with Crippen LogP contribution >= 0.6 is 27.7 Å². The highest BCUT2D eigenvalue weighted by molar-refractivity contribution is 9.10. The first kappa shape index (κ1) is 26.2. The number of benzene rings is 3. The van der Waals surface area contributed by atoms with E-state index in [0.29, 0.717) is 33.4 Å². The van der Waals surface area contributed by atoms with E-state index >= 15 is 0 Å². The number of nitrogens with zero attached hydrogens (tertiary/aromatic N) is 4. The van der Waals surface area contributed by atoms with Crippen LogP contribution in [0.15, 0.2) is 81.5 Å². The molecule has 0 bridgehead atoms. The predicted octanol–water partition coefficient (Wildman–Crippen LogP) is 5.05. The van der Waals surface area contributed by atoms with Crippen molar-refractivity contribution in [1.29, 1.82) is 0 Å². The number of hydrogen-bond donors (Lipinski definition) is 2. The molecule has 0 saturated carbocycles. The molecule has 1 heterocycles. The maximum absolute atomic E-state index is 12.5. The molecule has 0 spiro atoms. The monoisotopic (exact) mass is 581 g/mol. The second kappa shape index (κ2) is 12.4. The van der Waals surface area contributed by atoms with Gasteiger partial charge in [0.15, 0.2) is 22.5 Å². The topological polar surface area (TPSA) is 111 Å². The van der Waals surface area contributed by atoms with E-state index in [0.717, 1.165) is 17.0 Å². The fourth-order valence-electron chi connectivity index (χ4n) is 3.39. The van der Waals surface area contributed by atoms with Crippen molar-refractivity contribution in [3.05, 3.63) is 76.8 Å². The Morgan fingerprint density at radius 1 is 1.16 bits per heavy atom. The Hall–Kier alpha value is -3.83. The second-order valence-corrected chi connectivity index (χ2v) is 9.37. The van der Waals surface area contributed by atoms with Gasteiger partial charge in [-0.1, -0.05) is 42.1 Å². The maximum Gasteiger partial charge on any atom is 0.250 e. The Bertz CT molecular complexity index is 1390. The number of hydrogen-bond acceptors (Lipinski definition) is 8. The average molecular weight is 582 g/mol. The Kier molecular flexibility index (Phi) is 8.81. The number of ether oxygens (including phenoxy) is 2. The lowest BCUT2D eigenvalue weighted by molar-refractivity contribution is -0.118. The summed E-state index contributed by atoms with van der Waals surface area (Å²) < 4.78 is 13.1. The van der Waals surface area contributed by atoms with Crippen LogP contribution < -0.4 is 14.9 Å². The molecule has 37 heavy (non-hydrogen) atoms. The molecule has 0 unspecified atom stereocenters. The van der Waals surface area contributed by atoms with Gasteiger partial charge in [-0.05, 0) is 64.8 Å². The van der Waals surface area contributed by atoms with Crippen molar-refractivity contribution in [2.45, 2.75) is 12.1 Å². The van der Waals surface area contributed by atoms with Crippen molar-refractivity contribution < 1.29 is 19.4 Å². The van der Waals surface area contributed by atoms with Crippen LogP contribution in [0.4, 0.5) is 0 Å². The number of phenolic OH excluding ortho intramolecular Hbond substituents is 1. The van der Waals surface area contributed by atoms with Crippen LogP contribution in [0.2, 0.25) is 0 Å². The number of thioether (sulfide) groups is 1. The first-order valence-electron chi connectivity index (χ1n) is 11.3. The third-order valence-corrected chi connectivity index (χ3v) is 6.61. The highest BCUT2D eigenvalue weighted by Crippen LogP contribution is 2.34. The zero-order valence-corrected chi connectivity index (χ0v) is 22.5. The smallest absolute Gasteiger partial charge is 0.250 e. The summed E-state index contributed by atoms with van der Waals surface area (Å²) in [5, 5.41) is 23.2. The Morgan fingerprint density at radius 2 is 1.92 bits per heavy atom. The average Bonchev–Trinajstić information content (AvgIpc) is 3.34. The van der Waals surface area contributed by atoms with Gasteiger partial charge in [-0.25, -0.2) is 5.43 Å².